The van der Waals surface area contributed by atoms with E-state index in [0.717, 1.165) is 48.1 Å². The van der Waals surface area contributed by atoms with Gasteiger partial charge in [0.15, 0.2) is 5.82 Å². The lowest BCUT2D eigenvalue weighted by Gasteiger charge is -2.32. The number of carbonyl (C=O) groups excluding carboxylic acids is 1. The summed E-state index contributed by atoms with van der Waals surface area (Å²) in [6.07, 6.45) is 7.76. The van der Waals surface area contributed by atoms with E-state index >= 15 is 0 Å². The van der Waals surface area contributed by atoms with Crippen molar-refractivity contribution in [3.63, 3.8) is 0 Å². The van der Waals surface area contributed by atoms with E-state index in [9.17, 15) is 9.18 Å². The number of carbonyl (C=O) groups is 1. The van der Waals surface area contributed by atoms with Gasteiger partial charge in [-0.15, -0.1) is 0 Å². The first-order chi connectivity index (χ1) is 14.5. The topological polar surface area (TPSA) is 83.0 Å². The van der Waals surface area contributed by atoms with Crippen molar-refractivity contribution in [2.75, 3.05) is 22.1 Å². The van der Waals surface area contributed by atoms with Gasteiger partial charge in [-0.05, 0) is 50.5 Å². The number of fused-ring (bicyclic) bond motifs is 1. The first kappa shape index (κ1) is 19.8. The molecule has 0 saturated heterocycles. The number of hydrogen-bond donors (Lipinski definition) is 2. The van der Waals surface area contributed by atoms with Gasteiger partial charge in [0, 0.05) is 36.6 Å². The molecule has 0 unspecified atom stereocenters. The van der Waals surface area contributed by atoms with E-state index in [-0.39, 0.29) is 12.1 Å². The Kier molecular flexibility index (Phi) is 5.56. The van der Waals surface area contributed by atoms with Crippen LogP contribution in [0.15, 0.2) is 49.1 Å². The number of hydrogen-bond acceptors (Lipinski definition) is 5. The minimum atomic E-state index is -0.511. The monoisotopic (exact) mass is 406 g/mol. The fourth-order valence-electron chi connectivity index (χ4n) is 3.54. The standard InChI is InChI=1S/C22H23FN6O/c1-14-8-16(11-24-10-14)19-5-6-20-21(28-19)29(15(2)4-3-7-26-20)22(30)27-18-9-17(23)12-25-13-18/h5-6,8-13,15,26H,3-4,7H2,1-2H3,(H,27,30)/t15-/m1/s1. The molecule has 30 heavy (non-hydrogen) atoms. The molecule has 3 aromatic rings. The molecule has 0 aromatic carbocycles. The van der Waals surface area contributed by atoms with Crippen LogP contribution in [-0.4, -0.2) is 33.6 Å². The number of nitrogens with one attached hydrogen (secondary N) is 2. The summed E-state index contributed by atoms with van der Waals surface area (Å²) in [6, 6.07) is 6.62. The molecule has 3 aromatic heterocycles. The summed E-state index contributed by atoms with van der Waals surface area (Å²) in [5.41, 5.74) is 3.70. The van der Waals surface area contributed by atoms with Crippen LogP contribution in [0.3, 0.4) is 0 Å². The zero-order valence-electron chi connectivity index (χ0n) is 16.9. The van der Waals surface area contributed by atoms with Gasteiger partial charge >= 0.3 is 6.03 Å². The molecule has 2 amide bonds. The van der Waals surface area contributed by atoms with Crippen LogP contribution in [0.25, 0.3) is 11.3 Å². The molecule has 0 bridgehead atoms. The van der Waals surface area contributed by atoms with Crippen LogP contribution in [0.4, 0.5) is 26.4 Å². The molecule has 2 N–H and O–H groups in total. The average molecular weight is 406 g/mol. The fourth-order valence-corrected chi connectivity index (χ4v) is 3.54. The third kappa shape index (κ3) is 4.22. The predicted molar refractivity (Wildman–Crippen MR) is 115 cm³/mol. The molecule has 1 atom stereocenters. The van der Waals surface area contributed by atoms with E-state index in [4.69, 9.17) is 4.98 Å². The van der Waals surface area contributed by atoms with Gasteiger partial charge in [-0.3, -0.25) is 14.9 Å². The summed E-state index contributed by atoms with van der Waals surface area (Å²) < 4.78 is 13.5. The maximum absolute atomic E-state index is 13.5. The van der Waals surface area contributed by atoms with E-state index in [1.807, 2.05) is 32.0 Å². The lowest BCUT2D eigenvalue weighted by Crippen LogP contribution is -2.43. The van der Waals surface area contributed by atoms with Crippen molar-refractivity contribution in [3.8, 4) is 11.3 Å². The van der Waals surface area contributed by atoms with Crippen LogP contribution < -0.4 is 15.5 Å². The third-order valence-electron chi connectivity index (χ3n) is 5.00. The number of halogens is 1. The number of pyridine rings is 3. The molecule has 7 nitrogen and oxygen atoms in total. The molecule has 1 aliphatic rings. The van der Waals surface area contributed by atoms with Crippen molar-refractivity contribution in [1.82, 2.24) is 15.0 Å². The summed E-state index contributed by atoms with van der Waals surface area (Å²) in [6.45, 7) is 4.76. The zero-order valence-corrected chi connectivity index (χ0v) is 16.9. The van der Waals surface area contributed by atoms with Crippen molar-refractivity contribution in [2.24, 2.45) is 0 Å². The quantitative estimate of drug-likeness (QED) is 0.649. The van der Waals surface area contributed by atoms with E-state index in [1.165, 1.54) is 12.3 Å². The minimum absolute atomic E-state index is 0.0919. The number of aryl methyl sites for hydroxylation is 1. The number of amides is 2. The Morgan fingerprint density at radius 1 is 1.20 bits per heavy atom. The number of aromatic nitrogens is 3. The fraction of sp³-hybridized carbons (Fsp3) is 0.273. The van der Waals surface area contributed by atoms with Crippen LogP contribution in [0.5, 0.6) is 0 Å². The molecule has 0 fully saturated rings. The molecule has 0 saturated carbocycles. The lowest BCUT2D eigenvalue weighted by molar-refractivity contribution is 0.254. The van der Waals surface area contributed by atoms with Gasteiger partial charge < -0.3 is 10.6 Å². The third-order valence-corrected chi connectivity index (χ3v) is 5.00. The first-order valence-electron chi connectivity index (χ1n) is 9.89. The van der Waals surface area contributed by atoms with Crippen molar-refractivity contribution < 1.29 is 9.18 Å². The summed E-state index contributed by atoms with van der Waals surface area (Å²) in [7, 11) is 0. The predicted octanol–water partition coefficient (Wildman–Crippen LogP) is 4.62. The highest BCUT2D eigenvalue weighted by Crippen LogP contribution is 2.32. The first-order valence-corrected chi connectivity index (χ1v) is 9.89. The van der Waals surface area contributed by atoms with Crippen LogP contribution in [0.1, 0.15) is 25.3 Å². The van der Waals surface area contributed by atoms with Crippen LogP contribution in [0.2, 0.25) is 0 Å². The van der Waals surface area contributed by atoms with E-state index in [0.29, 0.717) is 11.5 Å². The Hall–Kier alpha value is -3.55. The normalized spacial score (nSPS) is 16.1. The lowest BCUT2D eigenvalue weighted by atomic mass is 10.1. The summed E-state index contributed by atoms with van der Waals surface area (Å²) in [4.78, 5) is 27.7. The van der Waals surface area contributed by atoms with E-state index in [1.54, 1.807) is 17.3 Å². The van der Waals surface area contributed by atoms with Gasteiger partial charge in [0.05, 0.1) is 29.5 Å². The highest BCUT2D eigenvalue weighted by Gasteiger charge is 2.28. The van der Waals surface area contributed by atoms with E-state index in [2.05, 4.69) is 20.6 Å². The zero-order chi connectivity index (χ0) is 21.1. The van der Waals surface area contributed by atoms with Gasteiger partial charge in [-0.25, -0.2) is 14.2 Å². The highest BCUT2D eigenvalue weighted by atomic mass is 19.1. The van der Waals surface area contributed by atoms with Crippen molar-refractivity contribution >= 4 is 23.2 Å². The van der Waals surface area contributed by atoms with Gasteiger partial charge in [0.1, 0.15) is 5.82 Å². The Balaban J connectivity index is 1.74. The number of nitrogens with zero attached hydrogens (tertiary/aromatic N) is 4. The molecule has 0 radical (unpaired) electrons. The Bertz CT molecular complexity index is 1070. The molecular formula is C22H23FN6O. The maximum Gasteiger partial charge on any atom is 0.327 e. The highest BCUT2D eigenvalue weighted by molar-refractivity contribution is 6.03. The molecular weight excluding hydrogens is 383 g/mol. The second-order valence-electron chi connectivity index (χ2n) is 7.43. The second-order valence-corrected chi connectivity index (χ2v) is 7.43. The maximum atomic E-state index is 13.5. The number of urea groups is 1. The summed E-state index contributed by atoms with van der Waals surface area (Å²) >= 11 is 0. The molecule has 4 heterocycles. The second kappa shape index (κ2) is 8.44. The smallest absolute Gasteiger partial charge is 0.327 e. The summed E-state index contributed by atoms with van der Waals surface area (Å²) in [5.74, 6) is 0.0195. The van der Waals surface area contributed by atoms with Gasteiger partial charge in [0.2, 0.25) is 0 Å². The summed E-state index contributed by atoms with van der Waals surface area (Å²) in [5, 5.41) is 6.11. The number of rotatable bonds is 2. The van der Waals surface area contributed by atoms with Crippen molar-refractivity contribution in [2.45, 2.75) is 32.7 Å². The molecule has 0 aliphatic carbocycles. The minimum Gasteiger partial charge on any atom is -0.382 e. The molecule has 154 valence electrons. The van der Waals surface area contributed by atoms with Crippen molar-refractivity contribution in [1.29, 1.82) is 0 Å². The molecule has 0 spiro atoms. The Morgan fingerprint density at radius 2 is 2.03 bits per heavy atom. The average Bonchev–Trinajstić information content (AvgIpc) is 2.70. The van der Waals surface area contributed by atoms with Gasteiger partial charge in [-0.2, -0.15) is 0 Å². The van der Waals surface area contributed by atoms with Crippen LogP contribution >= 0.6 is 0 Å². The molecule has 4 rings (SSSR count). The van der Waals surface area contributed by atoms with Crippen LogP contribution in [-0.2, 0) is 0 Å². The Labute approximate surface area is 174 Å². The molecule has 8 heteroatoms. The van der Waals surface area contributed by atoms with E-state index < -0.39 is 5.82 Å². The van der Waals surface area contributed by atoms with Crippen LogP contribution in [0, 0.1) is 12.7 Å². The molecule has 1 aliphatic heterocycles. The largest absolute Gasteiger partial charge is 0.382 e. The Morgan fingerprint density at radius 3 is 2.83 bits per heavy atom. The SMILES string of the molecule is Cc1cncc(-c2ccc3c(n2)N(C(=O)Nc2cncc(F)c2)[C@H](C)CCCN3)c1. The van der Waals surface area contributed by atoms with Gasteiger partial charge in [-0.1, -0.05) is 0 Å². The number of anilines is 3. The van der Waals surface area contributed by atoms with Gasteiger partial charge in [0.25, 0.3) is 0 Å². The van der Waals surface area contributed by atoms with Crippen molar-refractivity contribution in [3.05, 3.63) is 60.4 Å².